The van der Waals surface area contributed by atoms with Crippen molar-refractivity contribution in [2.75, 3.05) is 5.32 Å². The molecular formula is C17H18Cl2N2. The predicted octanol–water partition coefficient (Wildman–Crippen LogP) is 5.43. The molecule has 0 spiro atoms. The van der Waals surface area contributed by atoms with Crippen LogP contribution in [0.3, 0.4) is 0 Å². The summed E-state index contributed by atoms with van der Waals surface area (Å²) >= 11 is 12.1. The Morgan fingerprint density at radius 3 is 2.67 bits per heavy atom. The molecule has 0 saturated carbocycles. The van der Waals surface area contributed by atoms with Crippen LogP contribution in [0.2, 0.25) is 10.2 Å². The Balaban J connectivity index is 1.99. The van der Waals surface area contributed by atoms with E-state index in [1.807, 2.05) is 25.1 Å². The van der Waals surface area contributed by atoms with Crippen LogP contribution >= 0.6 is 23.2 Å². The average Bonchev–Trinajstić information content (AvgIpc) is 2.63. The Morgan fingerprint density at radius 2 is 1.95 bits per heavy atom. The smallest absolute Gasteiger partial charge is 0.129 e. The minimum atomic E-state index is 0.124. The zero-order valence-corrected chi connectivity index (χ0v) is 13.9. The normalized spacial score (nSPS) is 19.4. The first-order chi connectivity index (χ1) is 9.87. The molecule has 0 radical (unpaired) electrons. The lowest BCUT2D eigenvalue weighted by molar-refractivity contribution is 0.337. The summed E-state index contributed by atoms with van der Waals surface area (Å²) in [5.74, 6) is 0. The lowest BCUT2D eigenvalue weighted by atomic mass is 9.85. The van der Waals surface area contributed by atoms with Gasteiger partial charge in [-0.1, -0.05) is 43.1 Å². The van der Waals surface area contributed by atoms with E-state index in [0.717, 1.165) is 22.8 Å². The van der Waals surface area contributed by atoms with Crippen LogP contribution in [-0.4, -0.2) is 4.98 Å². The second kappa shape index (κ2) is 5.19. The number of anilines is 1. The van der Waals surface area contributed by atoms with E-state index >= 15 is 0 Å². The molecule has 0 fully saturated rings. The molecule has 0 bridgehead atoms. The van der Waals surface area contributed by atoms with Gasteiger partial charge >= 0.3 is 0 Å². The molecule has 0 aliphatic heterocycles. The van der Waals surface area contributed by atoms with Crippen LogP contribution in [0.5, 0.6) is 0 Å². The van der Waals surface area contributed by atoms with E-state index in [2.05, 4.69) is 36.3 Å². The van der Waals surface area contributed by atoms with E-state index in [4.69, 9.17) is 23.2 Å². The zero-order valence-electron chi connectivity index (χ0n) is 12.4. The van der Waals surface area contributed by atoms with Crippen molar-refractivity contribution >= 4 is 28.9 Å². The van der Waals surface area contributed by atoms with Crippen LogP contribution < -0.4 is 5.32 Å². The van der Waals surface area contributed by atoms with Crippen molar-refractivity contribution in [3.63, 3.8) is 0 Å². The monoisotopic (exact) mass is 320 g/mol. The number of nitrogens with one attached hydrogen (secondary N) is 1. The number of benzene rings is 1. The van der Waals surface area contributed by atoms with Crippen LogP contribution in [0.1, 0.15) is 36.7 Å². The number of hydrogen-bond acceptors (Lipinski definition) is 2. The van der Waals surface area contributed by atoms with E-state index in [1.165, 1.54) is 11.1 Å². The fraction of sp³-hybridized carbons (Fsp3) is 0.353. The van der Waals surface area contributed by atoms with E-state index in [-0.39, 0.29) is 11.5 Å². The molecule has 0 amide bonds. The Morgan fingerprint density at radius 1 is 1.19 bits per heavy atom. The molecule has 1 N–H and O–H groups in total. The minimum absolute atomic E-state index is 0.124. The second-order valence-electron chi connectivity index (χ2n) is 6.35. The highest BCUT2D eigenvalue weighted by molar-refractivity contribution is 6.30. The number of aryl methyl sites for hydroxylation is 1. The summed E-state index contributed by atoms with van der Waals surface area (Å²) in [7, 11) is 0. The number of fused-ring (bicyclic) bond motifs is 1. The summed E-state index contributed by atoms with van der Waals surface area (Å²) < 4.78 is 0. The van der Waals surface area contributed by atoms with Crippen molar-refractivity contribution in [2.24, 2.45) is 5.41 Å². The maximum Gasteiger partial charge on any atom is 0.129 e. The van der Waals surface area contributed by atoms with Gasteiger partial charge in [0.2, 0.25) is 0 Å². The van der Waals surface area contributed by atoms with E-state index in [1.54, 1.807) is 0 Å². The SMILES string of the molecule is Cc1nc(Cl)ccc1NC1c2cc(Cl)ccc2CC1(C)C. The lowest BCUT2D eigenvalue weighted by Gasteiger charge is -2.30. The number of nitrogens with zero attached hydrogens (tertiary/aromatic N) is 1. The van der Waals surface area contributed by atoms with E-state index < -0.39 is 0 Å². The molecule has 2 aromatic rings. The van der Waals surface area contributed by atoms with Gasteiger partial charge in [0.15, 0.2) is 0 Å². The molecule has 1 atom stereocenters. The first-order valence-electron chi connectivity index (χ1n) is 7.05. The third-order valence-corrected chi connectivity index (χ3v) is 4.64. The van der Waals surface area contributed by atoms with Crippen molar-refractivity contribution in [1.82, 2.24) is 4.98 Å². The van der Waals surface area contributed by atoms with Crippen LogP contribution in [-0.2, 0) is 6.42 Å². The molecule has 110 valence electrons. The molecule has 1 aliphatic rings. The number of aromatic nitrogens is 1. The highest BCUT2D eigenvalue weighted by Gasteiger charge is 2.39. The molecule has 0 saturated heterocycles. The third kappa shape index (κ3) is 2.75. The van der Waals surface area contributed by atoms with Crippen molar-refractivity contribution in [3.05, 3.63) is 57.3 Å². The molecule has 3 rings (SSSR count). The summed E-state index contributed by atoms with van der Waals surface area (Å²) in [5.41, 5.74) is 4.70. The van der Waals surface area contributed by atoms with Gasteiger partial charge in [0.25, 0.3) is 0 Å². The fourth-order valence-electron chi connectivity index (χ4n) is 3.12. The molecule has 1 aliphatic carbocycles. The Bertz CT molecular complexity index is 695. The number of hydrogen-bond donors (Lipinski definition) is 1. The van der Waals surface area contributed by atoms with Crippen molar-refractivity contribution < 1.29 is 0 Å². The standard InChI is InChI=1S/C17H18Cl2N2/c1-10-14(6-7-15(19)20-10)21-16-13-8-12(18)5-4-11(13)9-17(16,2)3/h4-8,16,21H,9H2,1-3H3. The number of pyridine rings is 1. The average molecular weight is 321 g/mol. The summed E-state index contributed by atoms with van der Waals surface area (Å²) in [5, 5.41) is 4.93. The van der Waals surface area contributed by atoms with Crippen LogP contribution in [0.4, 0.5) is 5.69 Å². The van der Waals surface area contributed by atoms with Gasteiger partial charge in [-0.05, 0) is 54.2 Å². The minimum Gasteiger partial charge on any atom is -0.376 e. The fourth-order valence-corrected chi connectivity index (χ4v) is 3.49. The Hall–Kier alpha value is -1.25. The quantitative estimate of drug-likeness (QED) is 0.746. The molecule has 2 nitrogen and oxygen atoms in total. The molecule has 1 aromatic carbocycles. The maximum absolute atomic E-state index is 6.18. The molecule has 1 unspecified atom stereocenters. The molecule has 21 heavy (non-hydrogen) atoms. The summed E-state index contributed by atoms with van der Waals surface area (Å²) in [6.07, 6.45) is 1.04. The van der Waals surface area contributed by atoms with Gasteiger partial charge in [-0.2, -0.15) is 0 Å². The van der Waals surface area contributed by atoms with Crippen molar-refractivity contribution in [1.29, 1.82) is 0 Å². The summed E-state index contributed by atoms with van der Waals surface area (Å²) in [4.78, 5) is 4.31. The van der Waals surface area contributed by atoms with Gasteiger partial charge in [0.1, 0.15) is 5.15 Å². The van der Waals surface area contributed by atoms with Gasteiger partial charge in [0, 0.05) is 5.02 Å². The van der Waals surface area contributed by atoms with Crippen LogP contribution in [0, 0.1) is 12.3 Å². The highest BCUT2D eigenvalue weighted by Crippen LogP contribution is 2.47. The van der Waals surface area contributed by atoms with Gasteiger partial charge in [0.05, 0.1) is 17.4 Å². The largest absolute Gasteiger partial charge is 0.376 e. The number of rotatable bonds is 2. The lowest BCUT2D eigenvalue weighted by Crippen LogP contribution is -2.25. The second-order valence-corrected chi connectivity index (χ2v) is 7.18. The van der Waals surface area contributed by atoms with Gasteiger partial charge in [-0.15, -0.1) is 0 Å². The van der Waals surface area contributed by atoms with Crippen LogP contribution in [0.15, 0.2) is 30.3 Å². The predicted molar refractivity (Wildman–Crippen MR) is 89.3 cm³/mol. The van der Waals surface area contributed by atoms with Crippen LogP contribution in [0.25, 0.3) is 0 Å². The van der Waals surface area contributed by atoms with Gasteiger partial charge in [-0.3, -0.25) is 0 Å². The number of halogens is 2. The van der Waals surface area contributed by atoms with Crippen molar-refractivity contribution in [2.45, 2.75) is 33.2 Å². The third-order valence-electron chi connectivity index (χ3n) is 4.20. The van der Waals surface area contributed by atoms with E-state index in [0.29, 0.717) is 5.15 Å². The van der Waals surface area contributed by atoms with Gasteiger partial charge in [-0.25, -0.2) is 4.98 Å². The zero-order chi connectivity index (χ0) is 15.2. The van der Waals surface area contributed by atoms with E-state index in [9.17, 15) is 0 Å². The van der Waals surface area contributed by atoms with Crippen molar-refractivity contribution in [3.8, 4) is 0 Å². The topological polar surface area (TPSA) is 24.9 Å². The van der Waals surface area contributed by atoms with Gasteiger partial charge < -0.3 is 5.32 Å². The first kappa shape index (κ1) is 14.7. The molecule has 1 aromatic heterocycles. The molecule has 1 heterocycles. The summed E-state index contributed by atoms with van der Waals surface area (Å²) in [6.45, 7) is 6.52. The Labute approximate surface area is 135 Å². The maximum atomic E-state index is 6.18. The molecular weight excluding hydrogens is 303 g/mol. The Kier molecular flexibility index (Phi) is 3.62. The first-order valence-corrected chi connectivity index (χ1v) is 7.80. The molecule has 4 heteroatoms. The highest BCUT2D eigenvalue weighted by atomic mass is 35.5. The summed E-state index contributed by atoms with van der Waals surface area (Å²) in [6, 6.07) is 10.2.